The van der Waals surface area contributed by atoms with Crippen LogP contribution in [0.4, 0.5) is 0 Å². The Kier molecular flexibility index (Phi) is 3.66. The van der Waals surface area contributed by atoms with Crippen LogP contribution in [0.25, 0.3) is 0 Å². The van der Waals surface area contributed by atoms with Crippen molar-refractivity contribution >= 4 is 11.9 Å². The van der Waals surface area contributed by atoms with E-state index in [0.29, 0.717) is 12.8 Å². The van der Waals surface area contributed by atoms with Crippen LogP contribution in [0.1, 0.15) is 12.2 Å². The van der Waals surface area contributed by atoms with Crippen LogP contribution >= 0.6 is 0 Å². The van der Waals surface area contributed by atoms with Gasteiger partial charge in [-0.2, -0.15) is 0 Å². The van der Waals surface area contributed by atoms with Crippen molar-refractivity contribution in [2.24, 2.45) is 5.73 Å². The van der Waals surface area contributed by atoms with Crippen molar-refractivity contribution in [3.8, 4) is 0 Å². The van der Waals surface area contributed by atoms with Gasteiger partial charge in [-0.3, -0.25) is 9.59 Å². The van der Waals surface area contributed by atoms with Gasteiger partial charge in [0.15, 0.2) is 0 Å². The maximum atomic E-state index is 11.6. The van der Waals surface area contributed by atoms with Crippen LogP contribution in [-0.2, 0) is 20.7 Å². The predicted octanol–water partition coefficient (Wildman–Crippen LogP) is -0.0767. The molecule has 0 saturated carbocycles. The third-order valence-corrected chi connectivity index (χ3v) is 3.18. The molecule has 2 rings (SSSR count). The second kappa shape index (κ2) is 5.22. The van der Waals surface area contributed by atoms with E-state index in [1.165, 1.54) is 12.0 Å². The third kappa shape index (κ3) is 2.38. The molecule has 0 spiro atoms. The van der Waals surface area contributed by atoms with E-state index in [-0.39, 0.29) is 18.5 Å². The van der Waals surface area contributed by atoms with Gasteiger partial charge in [-0.1, -0.05) is 0 Å². The largest absolute Gasteiger partial charge is 0.469 e. The molecule has 1 aromatic heterocycles. The Hall–Kier alpha value is -1.82. The zero-order valence-corrected chi connectivity index (χ0v) is 10.2. The lowest BCUT2D eigenvalue weighted by Gasteiger charge is -2.44. The van der Waals surface area contributed by atoms with Gasteiger partial charge in [0.25, 0.3) is 0 Å². The van der Waals surface area contributed by atoms with E-state index in [9.17, 15) is 9.59 Å². The smallest absolute Gasteiger partial charge is 0.325 e. The number of esters is 1. The lowest BCUT2D eigenvalue weighted by molar-refractivity contribution is -0.158. The van der Waals surface area contributed by atoms with Crippen LogP contribution in [0.5, 0.6) is 0 Å². The first-order valence-corrected chi connectivity index (χ1v) is 5.78. The van der Waals surface area contributed by atoms with Gasteiger partial charge in [0.05, 0.1) is 19.4 Å². The van der Waals surface area contributed by atoms with Crippen LogP contribution in [-0.4, -0.2) is 42.5 Å². The quantitative estimate of drug-likeness (QED) is 0.585. The molecule has 98 valence electrons. The van der Waals surface area contributed by atoms with E-state index in [0.717, 1.165) is 5.76 Å². The summed E-state index contributed by atoms with van der Waals surface area (Å²) in [5.41, 5.74) is 5.74. The zero-order chi connectivity index (χ0) is 13.1. The number of rotatable bonds is 5. The Morgan fingerprint density at radius 2 is 2.39 bits per heavy atom. The Bertz CT molecular complexity index is 429. The number of amides is 1. The molecule has 6 heteroatoms. The molecule has 2 atom stereocenters. The summed E-state index contributed by atoms with van der Waals surface area (Å²) in [6.07, 6.45) is 2.97. The number of carbonyl (C=O) groups excluding carboxylic acids is 2. The molecule has 1 aromatic rings. The predicted molar refractivity (Wildman–Crippen MR) is 62.5 cm³/mol. The minimum absolute atomic E-state index is 0.0359. The third-order valence-electron chi connectivity index (χ3n) is 3.18. The molecule has 18 heavy (non-hydrogen) atoms. The van der Waals surface area contributed by atoms with Gasteiger partial charge in [0, 0.05) is 6.42 Å². The molecule has 0 aliphatic carbocycles. The number of ether oxygens (including phenoxy) is 1. The number of furan rings is 1. The molecule has 0 radical (unpaired) electrons. The summed E-state index contributed by atoms with van der Waals surface area (Å²) in [5, 5.41) is 0. The highest BCUT2D eigenvalue weighted by atomic mass is 16.5. The van der Waals surface area contributed by atoms with E-state index < -0.39 is 12.0 Å². The van der Waals surface area contributed by atoms with Crippen LogP contribution in [0.2, 0.25) is 0 Å². The van der Waals surface area contributed by atoms with Gasteiger partial charge >= 0.3 is 5.97 Å². The van der Waals surface area contributed by atoms with Crippen molar-refractivity contribution in [2.75, 3.05) is 13.7 Å². The van der Waals surface area contributed by atoms with E-state index in [2.05, 4.69) is 4.74 Å². The lowest BCUT2D eigenvalue weighted by Crippen LogP contribution is -2.69. The van der Waals surface area contributed by atoms with Gasteiger partial charge in [-0.05, 0) is 18.6 Å². The number of nitrogens with zero attached hydrogens (tertiary/aromatic N) is 1. The van der Waals surface area contributed by atoms with Crippen molar-refractivity contribution in [1.82, 2.24) is 4.90 Å². The normalized spacial score (nSPS) is 22.8. The standard InChI is InChI=1S/C12H16N2O4/c1-17-10(15)7-14-9(11(13)12(14)16)5-4-8-3-2-6-18-8/h2-3,6,9,11H,4-5,7,13H2,1H3. The van der Waals surface area contributed by atoms with E-state index in [1.807, 2.05) is 12.1 Å². The molecule has 1 amide bonds. The molecule has 0 bridgehead atoms. The molecule has 2 N–H and O–H groups in total. The fraction of sp³-hybridized carbons (Fsp3) is 0.500. The average molecular weight is 252 g/mol. The van der Waals surface area contributed by atoms with E-state index in [4.69, 9.17) is 10.2 Å². The fourth-order valence-electron chi connectivity index (χ4n) is 2.11. The molecule has 0 aromatic carbocycles. The molecule has 2 heterocycles. The SMILES string of the molecule is COC(=O)CN1C(=O)C(N)C1CCc1ccco1. The molecule has 1 aliphatic heterocycles. The second-order valence-corrected chi connectivity index (χ2v) is 4.25. The molecule has 6 nitrogen and oxygen atoms in total. The van der Waals surface area contributed by atoms with Crippen LogP contribution < -0.4 is 5.73 Å². The van der Waals surface area contributed by atoms with Crippen molar-refractivity contribution < 1.29 is 18.7 Å². The first-order chi connectivity index (χ1) is 8.63. The highest BCUT2D eigenvalue weighted by molar-refractivity contribution is 5.92. The van der Waals surface area contributed by atoms with Gasteiger partial charge < -0.3 is 19.8 Å². The first kappa shape index (κ1) is 12.6. The highest BCUT2D eigenvalue weighted by Crippen LogP contribution is 2.23. The van der Waals surface area contributed by atoms with Crippen molar-refractivity contribution in [2.45, 2.75) is 24.9 Å². The van der Waals surface area contributed by atoms with Gasteiger partial charge in [-0.25, -0.2) is 0 Å². The summed E-state index contributed by atoms with van der Waals surface area (Å²) in [4.78, 5) is 24.2. The van der Waals surface area contributed by atoms with Gasteiger partial charge in [-0.15, -0.1) is 0 Å². The summed E-state index contributed by atoms with van der Waals surface area (Å²) in [7, 11) is 1.30. The van der Waals surface area contributed by atoms with Crippen molar-refractivity contribution in [3.63, 3.8) is 0 Å². The molecule has 1 fully saturated rings. The number of carbonyl (C=O) groups is 2. The number of β-lactam (4-membered cyclic amide) rings is 1. The molecular weight excluding hydrogens is 236 g/mol. The van der Waals surface area contributed by atoms with Crippen molar-refractivity contribution in [1.29, 1.82) is 0 Å². The molecular formula is C12H16N2O4. The fourth-order valence-corrected chi connectivity index (χ4v) is 2.11. The van der Waals surface area contributed by atoms with Gasteiger partial charge in [0.1, 0.15) is 18.3 Å². The number of aryl methyl sites for hydroxylation is 1. The summed E-state index contributed by atoms with van der Waals surface area (Å²) in [5.74, 6) is 0.211. The Morgan fingerprint density at radius 1 is 1.61 bits per heavy atom. The minimum Gasteiger partial charge on any atom is -0.469 e. The Morgan fingerprint density at radius 3 is 3.00 bits per heavy atom. The second-order valence-electron chi connectivity index (χ2n) is 4.25. The number of nitrogens with two attached hydrogens (primary N) is 1. The average Bonchev–Trinajstić information content (AvgIpc) is 2.89. The molecule has 2 unspecified atom stereocenters. The number of methoxy groups -OCH3 is 1. The summed E-state index contributed by atoms with van der Waals surface area (Å²) in [6.45, 7) is -0.0359. The summed E-state index contributed by atoms with van der Waals surface area (Å²) >= 11 is 0. The summed E-state index contributed by atoms with van der Waals surface area (Å²) in [6, 6.07) is 3.04. The van der Waals surface area contributed by atoms with Crippen molar-refractivity contribution in [3.05, 3.63) is 24.2 Å². The molecule has 1 aliphatic rings. The summed E-state index contributed by atoms with van der Waals surface area (Å²) < 4.78 is 9.76. The van der Waals surface area contributed by atoms with E-state index in [1.54, 1.807) is 6.26 Å². The maximum Gasteiger partial charge on any atom is 0.325 e. The van der Waals surface area contributed by atoms with Crippen LogP contribution in [0.3, 0.4) is 0 Å². The van der Waals surface area contributed by atoms with Crippen LogP contribution in [0.15, 0.2) is 22.8 Å². The first-order valence-electron chi connectivity index (χ1n) is 5.78. The number of hydrogen-bond acceptors (Lipinski definition) is 5. The lowest BCUT2D eigenvalue weighted by atomic mass is 9.91. The zero-order valence-electron chi connectivity index (χ0n) is 10.2. The number of likely N-dealkylation sites (tertiary alicyclic amines) is 1. The molecule has 1 saturated heterocycles. The highest BCUT2D eigenvalue weighted by Gasteiger charge is 2.45. The maximum absolute atomic E-state index is 11.6. The Balaban J connectivity index is 1.89. The van der Waals surface area contributed by atoms with E-state index >= 15 is 0 Å². The van der Waals surface area contributed by atoms with Crippen LogP contribution in [0, 0.1) is 0 Å². The minimum atomic E-state index is -0.524. The monoisotopic (exact) mass is 252 g/mol. The number of hydrogen-bond donors (Lipinski definition) is 1. The topological polar surface area (TPSA) is 85.8 Å². The Labute approximate surface area is 105 Å². The van der Waals surface area contributed by atoms with Gasteiger partial charge in [0.2, 0.25) is 5.91 Å².